The summed E-state index contributed by atoms with van der Waals surface area (Å²) in [6.45, 7) is 2.40. The highest BCUT2D eigenvalue weighted by Gasteiger charge is 2.46. The Hall–Kier alpha value is -1.75. The number of piperidine rings is 1. The van der Waals surface area contributed by atoms with Crippen LogP contribution in [-0.2, 0) is 4.74 Å². The molecule has 0 radical (unpaired) electrons. The molecule has 1 spiro atoms. The zero-order valence-corrected chi connectivity index (χ0v) is 11.0. The smallest absolute Gasteiger partial charge is 0.415 e. The van der Waals surface area contributed by atoms with Gasteiger partial charge in [0.05, 0.1) is 19.3 Å². The molecule has 2 saturated heterocycles. The number of ether oxygens (including phenoxy) is 2. The molecular formula is C14H18N2O3. The van der Waals surface area contributed by atoms with Crippen LogP contribution in [0.15, 0.2) is 24.3 Å². The molecule has 19 heavy (non-hydrogen) atoms. The molecule has 3 rings (SSSR count). The molecule has 5 nitrogen and oxygen atoms in total. The van der Waals surface area contributed by atoms with Crippen LogP contribution in [0.1, 0.15) is 12.8 Å². The molecule has 0 aliphatic carbocycles. The quantitative estimate of drug-likeness (QED) is 0.882. The molecule has 1 aromatic rings. The lowest BCUT2D eigenvalue weighted by molar-refractivity contribution is 0.0316. The average molecular weight is 262 g/mol. The van der Waals surface area contributed by atoms with Crippen molar-refractivity contribution in [1.29, 1.82) is 0 Å². The zero-order chi connectivity index (χ0) is 13.3. The van der Waals surface area contributed by atoms with E-state index in [4.69, 9.17) is 9.47 Å². The maximum absolute atomic E-state index is 12.1. The molecule has 1 aromatic carbocycles. The van der Waals surface area contributed by atoms with Gasteiger partial charge in [-0.3, -0.25) is 4.90 Å². The molecule has 2 heterocycles. The van der Waals surface area contributed by atoms with Gasteiger partial charge in [0.1, 0.15) is 11.4 Å². The van der Waals surface area contributed by atoms with Crippen molar-refractivity contribution in [2.24, 2.45) is 0 Å². The minimum atomic E-state index is -0.330. The Morgan fingerprint density at radius 2 is 2.05 bits per heavy atom. The van der Waals surface area contributed by atoms with Gasteiger partial charge in [-0.05, 0) is 25.2 Å². The van der Waals surface area contributed by atoms with Gasteiger partial charge in [-0.2, -0.15) is 0 Å². The average Bonchev–Trinajstić information content (AvgIpc) is 2.76. The number of rotatable bonds is 2. The van der Waals surface area contributed by atoms with Gasteiger partial charge in [0.2, 0.25) is 0 Å². The van der Waals surface area contributed by atoms with E-state index in [1.807, 2.05) is 24.3 Å². The van der Waals surface area contributed by atoms with Crippen LogP contribution >= 0.6 is 0 Å². The Balaban J connectivity index is 1.87. The first-order valence-electron chi connectivity index (χ1n) is 6.58. The Labute approximate surface area is 112 Å². The second-order valence-corrected chi connectivity index (χ2v) is 5.06. The standard InChI is InChI=1S/C14H18N2O3/c1-18-12-5-3-2-4-11(12)16-10-14(19-13(16)17)6-8-15-9-7-14/h2-5,15H,6-10H2,1H3. The Morgan fingerprint density at radius 1 is 1.32 bits per heavy atom. The van der Waals surface area contributed by atoms with E-state index in [1.54, 1.807) is 12.0 Å². The third-order valence-electron chi connectivity index (χ3n) is 3.86. The van der Waals surface area contributed by atoms with Crippen molar-refractivity contribution in [2.45, 2.75) is 18.4 Å². The van der Waals surface area contributed by atoms with Crippen molar-refractivity contribution < 1.29 is 14.3 Å². The van der Waals surface area contributed by atoms with Crippen LogP contribution in [0.2, 0.25) is 0 Å². The molecule has 5 heteroatoms. The fourth-order valence-corrected chi connectivity index (χ4v) is 2.80. The van der Waals surface area contributed by atoms with Gasteiger partial charge in [-0.25, -0.2) is 4.79 Å². The number of hydrogen-bond acceptors (Lipinski definition) is 4. The van der Waals surface area contributed by atoms with Crippen molar-refractivity contribution in [1.82, 2.24) is 5.32 Å². The fourth-order valence-electron chi connectivity index (χ4n) is 2.80. The van der Waals surface area contributed by atoms with Gasteiger partial charge in [0.25, 0.3) is 0 Å². The Morgan fingerprint density at radius 3 is 2.79 bits per heavy atom. The van der Waals surface area contributed by atoms with E-state index in [9.17, 15) is 4.79 Å². The summed E-state index contributed by atoms with van der Waals surface area (Å²) < 4.78 is 11.0. The predicted molar refractivity (Wildman–Crippen MR) is 71.7 cm³/mol. The van der Waals surface area contributed by atoms with Crippen LogP contribution in [-0.4, -0.2) is 38.4 Å². The van der Waals surface area contributed by atoms with E-state index >= 15 is 0 Å². The number of anilines is 1. The Bertz CT molecular complexity index is 483. The summed E-state index contributed by atoms with van der Waals surface area (Å²) in [5, 5.41) is 3.29. The number of nitrogens with one attached hydrogen (secondary N) is 1. The van der Waals surface area contributed by atoms with Crippen LogP contribution in [0.4, 0.5) is 10.5 Å². The number of nitrogens with zero attached hydrogens (tertiary/aromatic N) is 1. The van der Waals surface area contributed by atoms with E-state index in [2.05, 4.69) is 5.32 Å². The third kappa shape index (κ3) is 2.14. The SMILES string of the molecule is COc1ccccc1N1CC2(CCNCC2)OC1=O. The highest BCUT2D eigenvalue weighted by molar-refractivity contribution is 5.92. The van der Waals surface area contributed by atoms with Crippen molar-refractivity contribution in [2.75, 3.05) is 31.6 Å². The Kier molecular flexibility index (Phi) is 3.06. The number of methoxy groups -OCH3 is 1. The molecule has 0 aromatic heterocycles. The largest absolute Gasteiger partial charge is 0.495 e. The minimum absolute atomic E-state index is 0.272. The summed E-state index contributed by atoms with van der Waals surface area (Å²) in [6, 6.07) is 7.54. The molecule has 0 bridgehead atoms. The van der Waals surface area contributed by atoms with E-state index in [1.165, 1.54) is 0 Å². The predicted octanol–water partition coefficient (Wildman–Crippen LogP) is 1.77. The molecule has 2 aliphatic heterocycles. The second kappa shape index (κ2) is 4.74. The number of benzene rings is 1. The normalized spacial score (nSPS) is 21.5. The molecule has 1 amide bonds. The van der Waals surface area contributed by atoms with Crippen molar-refractivity contribution in [3.8, 4) is 5.75 Å². The summed E-state index contributed by atoms with van der Waals surface area (Å²) in [5.41, 5.74) is 0.453. The summed E-state index contributed by atoms with van der Waals surface area (Å²) in [4.78, 5) is 13.8. The number of para-hydroxylation sites is 2. The summed E-state index contributed by atoms with van der Waals surface area (Å²) in [7, 11) is 1.61. The maximum Gasteiger partial charge on any atom is 0.415 e. The van der Waals surface area contributed by atoms with Crippen molar-refractivity contribution in [3.63, 3.8) is 0 Å². The first-order valence-corrected chi connectivity index (χ1v) is 6.58. The molecule has 0 unspecified atom stereocenters. The molecule has 2 aliphatic rings. The second-order valence-electron chi connectivity index (χ2n) is 5.06. The van der Waals surface area contributed by atoms with Gasteiger partial charge < -0.3 is 14.8 Å². The number of hydrogen-bond donors (Lipinski definition) is 1. The van der Waals surface area contributed by atoms with Gasteiger partial charge in [0, 0.05) is 12.8 Å². The van der Waals surface area contributed by atoms with E-state index in [0.29, 0.717) is 12.3 Å². The summed E-state index contributed by atoms with van der Waals surface area (Å²) in [5.74, 6) is 0.699. The van der Waals surface area contributed by atoms with Gasteiger partial charge in [-0.1, -0.05) is 12.1 Å². The van der Waals surface area contributed by atoms with E-state index < -0.39 is 0 Å². The van der Waals surface area contributed by atoms with Crippen LogP contribution in [0.5, 0.6) is 5.75 Å². The van der Waals surface area contributed by atoms with Crippen molar-refractivity contribution >= 4 is 11.8 Å². The number of carbonyl (C=O) groups is 1. The number of carbonyl (C=O) groups excluding carboxylic acids is 1. The zero-order valence-electron chi connectivity index (χ0n) is 11.0. The van der Waals surface area contributed by atoms with Crippen LogP contribution < -0.4 is 15.0 Å². The van der Waals surface area contributed by atoms with E-state index in [0.717, 1.165) is 31.6 Å². The fraction of sp³-hybridized carbons (Fsp3) is 0.500. The van der Waals surface area contributed by atoms with E-state index in [-0.39, 0.29) is 11.7 Å². The van der Waals surface area contributed by atoms with Crippen molar-refractivity contribution in [3.05, 3.63) is 24.3 Å². The topological polar surface area (TPSA) is 50.8 Å². The molecule has 2 fully saturated rings. The van der Waals surface area contributed by atoms with Crippen LogP contribution in [0, 0.1) is 0 Å². The molecular weight excluding hydrogens is 244 g/mol. The lowest BCUT2D eigenvalue weighted by Crippen LogP contribution is -2.44. The lowest BCUT2D eigenvalue weighted by atomic mass is 9.92. The van der Waals surface area contributed by atoms with Crippen LogP contribution in [0.25, 0.3) is 0 Å². The monoisotopic (exact) mass is 262 g/mol. The first-order chi connectivity index (χ1) is 9.24. The molecule has 0 atom stereocenters. The molecule has 0 saturated carbocycles. The first kappa shape index (κ1) is 12.3. The molecule has 1 N–H and O–H groups in total. The third-order valence-corrected chi connectivity index (χ3v) is 3.86. The summed E-state index contributed by atoms with van der Waals surface area (Å²) in [6.07, 6.45) is 1.46. The maximum atomic E-state index is 12.1. The van der Waals surface area contributed by atoms with Crippen LogP contribution in [0.3, 0.4) is 0 Å². The minimum Gasteiger partial charge on any atom is -0.495 e. The summed E-state index contributed by atoms with van der Waals surface area (Å²) >= 11 is 0. The van der Waals surface area contributed by atoms with Gasteiger partial charge >= 0.3 is 6.09 Å². The lowest BCUT2D eigenvalue weighted by Gasteiger charge is -2.31. The highest BCUT2D eigenvalue weighted by atomic mass is 16.6. The van der Waals surface area contributed by atoms with Gasteiger partial charge in [-0.15, -0.1) is 0 Å². The molecule has 102 valence electrons. The highest BCUT2D eigenvalue weighted by Crippen LogP contribution is 2.37. The van der Waals surface area contributed by atoms with Gasteiger partial charge in [0.15, 0.2) is 0 Å². The number of amides is 1.